The second-order valence-corrected chi connectivity index (χ2v) is 8.69. The smallest absolute Gasteiger partial charge is 0.304 e. The predicted octanol–water partition coefficient (Wildman–Crippen LogP) is 2.45. The molecule has 0 aliphatic rings. The zero-order chi connectivity index (χ0) is 23.3. The van der Waals surface area contributed by atoms with Crippen molar-refractivity contribution in [3.05, 3.63) is 71.8 Å². The number of sulfonamides is 1. The molecule has 0 aliphatic carbocycles. The van der Waals surface area contributed by atoms with Gasteiger partial charge in [-0.15, -0.1) is 0 Å². The Hall–Kier alpha value is -3.76. The summed E-state index contributed by atoms with van der Waals surface area (Å²) in [6, 6.07) is 16.1. The highest BCUT2D eigenvalue weighted by Gasteiger charge is 2.15. The summed E-state index contributed by atoms with van der Waals surface area (Å²) in [5, 5.41) is 24.4. The van der Waals surface area contributed by atoms with Crippen LogP contribution in [0.25, 0.3) is 10.8 Å². The first-order valence-electron chi connectivity index (χ1n) is 9.55. The number of carbonyl (C=O) groups is 2. The second-order valence-electron chi connectivity index (χ2n) is 6.92. The fraction of sp³-hybridized carbons (Fsp3) is 0.136. The number of carboxylic acids is 1. The van der Waals surface area contributed by atoms with Crippen LogP contribution in [0.2, 0.25) is 0 Å². The number of aromatic hydroxyl groups is 1. The summed E-state index contributed by atoms with van der Waals surface area (Å²) in [5.74, 6) is -1.86. The van der Waals surface area contributed by atoms with Gasteiger partial charge in [-0.05, 0) is 47.5 Å². The molecule has 3 aromatic rings. The Labute approximate surface area is 184 Å². The predicted molar refractivity (Wildman–Crippen MR) is 119 cm³/mol. The van der Waals surface area contributed by atoms with E-state index in [1.807, 2.05) is 24.3 Å². The average molecular weight is 455 g/mol. The lowest BCUT2D eigenvalue weighted by molar-refractivity contribution is -0.136. The van der Waals surface area contributed by atoms with Crippen molar-refractivity contribution in [1.29, 1.82) is 0 Å². The summed E-state index contributed by atoms with van der Waals surface area (Å²) in [7, 11) is -3.83. The molecule has 0 radical (unpaired) electrons. The molecule has 0 spiro atoms. The van der Waals surface area contributed by atoms with Gasteiger partial charge in [0, 0.05) is 6.54 Å². The summed E-state index contributed by atoms with van der Waals surface area (Å²) in [5.41, 5.74) is 3.45. The second kappa shape index (κ2) is 9.58. The van der Waals surface area contributed by atoms with Gasteiger partial charge in [-0.1, -0.05) is 36.4 Å². The third-order valence-electron chi connectivity index (χ3n) is 4.65. The molecule has 0 heterocycles. The van der Waals surface area contributed by atoms with Crippen LogP contribution >= 0.6 is 0 Å². The Morgan fingerprint density at radius 3 is 2.25 bits per heavy atom. The maximum absolute atomic E-state index is 12.5. The van der Waals surface area contributed by atoms with E-state index in [1.165, 1.54) is 30.3 Å². The van der Waals surface area contributed by atoms with Crippen molar-refractivity contribution >= 4 is 38.4 Å². The van der Waals surface area contributed by atoms with Crippen molar-refractivity contribution in [2.75, 3.05) is 6.54 Å². The van der Waals surface area contributed by atoms with Gasteiger partial charge in [-0.25, -0.2) is 18.6 Å². The van der Waals surface area contributed by atoms with Crippen LogP contribution in [0.4, 0.5) is 0 Å². The molecular formula is C22H21N3O6S. The van der Waals surface area contributed by atoms with Gasteiger partial charge in [0.2, 0.25) is 10.0 Å². The molecule has 0 aliphatic heterocycles. The molecule has 0 unspecified atom stereocenters. The number of aliphatic carboxylic acids is 1. The van der Waals surface area contributed by atoms with E-state index in [2.05, 4.69) is 15.2 Å². The summed E-state index contributed by atoms with van der Waals surface area (Å²) in [6.45, 7) is 1.42. The Bertz CT molecular complexity index is 1300. The number of benzene rings is 3. The molecule has 3 rings (SSSR count). The fourth-order valence-corrected chi connectivity index (χ4v) is 3.95. The lowest BCUT2D eigenvalue weighted by Crippen LogP contribution is -2.26. The van der Waals surface area contributed by atoms with Gasteiger partial charge < -0.3 is 10.2 Å². The number of carboxylic acid groups (broad SMARTS) is 1. The van der Waals surface area contributed by atoms with Crippen LogP contribution in [0.15, 0.2) is 70.7 Å². The number of hydrazone groups is 1. The number of fused-ring (bicyclic) bond motifs is 1. The highest BCUT2D eigenvalue weighted by Crippen LogP contribution is 2.24. The van der Waals surface area contributed by atoms with Gasteiger partial charge in [0.25, 0.3) is 5.91 Å². The van der Waals surface area contributed by atoms with Crippen LogP contribution in [0.5, 0.6) is 5.75 Å². The molecule has 0 fully saturated rings. The Kier molecular flexibility index (Phi) is 6.86. The molecule has 0 saturated heterocycles. The summed E-state index contributed by atoms with van der Waals surface area (Å²) < 4.78 is 26.6. The molecule has 0 atom stereocenters. The largest absolute Gasteiger partial charge is 0.507 e. The topological polar surface area (TPSA) is 145 Å². The minimum atomic E-state index is -3.83. The van der Waals surface area contributed by atoms with Gasteiger partial charge in [-0.2, -0.15) is 5.10 Å². The van der Waals surface area contributed by atoms with Crippen LogP contribution in [-0.4, -0.2) is 42.8 Å². The molecule has 0 aromatic heterocycles. The molecule has 4 N–H and O–H groups in total. The van der Waals surface area contributed by atoms with Crippen molar-refractivity contribution in [3.63, 3.8) is 0 Å². The fourth-order valence-electron chi connectivity index (χ4n) is 2.92. The number of amides is 1. The van der Waals surface area contributed by atoms with Gasteiger partial charge in [0.05, 0.1) is 22.6 Å². The van der Waals surface area contributed by atoms with Gasteiger partial charge in [-0.3, -0.25) is 9.59 Å². The van der Waals surface area contributed by atoms with E-state index in [0.29, 0.717) is 11.3 Å². The van der Waals surface area contributed by atoms with Crippen molar-refractivity contribution in [2.24, 2.45) is 5.10 Å². The number of phenolic OH excluding ortho intramolecular Hbond substituents is 1. The molecule has 9 nitrogen and oxygen atoms in total. The van der Waals surface area contributed by atoms with Gasteiger partial charge >= 0.3 is 5.97 Å². The highest BCUT2D eigenvalue weighted by atomic mass is 32.2. The molecule has 166 valence electrons. The molecule has 3 aromatic carbocycles. The molecule has 0 bridgehead atoms. The minimum Gasteiger partial charge on any atom is -0.507 e. The Balaban J connectivity index is 1.70. The molecular weight excluding hydrogens is 434 g/mol. The maximum Gasteiger partial charge on any atom is 0.304 e. The van der Waals surface area contributed by atoms with E-state index in [0.717, 1.165) is 10.8 Å². The molecule has 10 heteroatoms. The third-order valence-corrected chi connectivity index (χ3v) is 6.12. The van der Waals surface area contributed by atoms with Crippen LogP contribution in [-0.2, 0) is 14.8 Å². The van der Waals surface area contributed by atoms with Crippen molar-refractivity contribution in [1.82, 2.24) is 10.1 Å². The highest BCUT2D eigenvalue weighted by molar-refractivity contribution is 7.89. The number of nitrogens with zero attached hydrogens (tertiary/aromatic N) is 1. The number of carbonyl (C=O) groups excluding carboxylic acids is 1. The van der Waals surface area contributed by atoms with Crippen LogP contribution in [0.3, 0.4) is 0 Å². The van der Waals surface area contributed by atoms with Crippen LogP contribution in [0.1, 0.15) is 29.3 Å². The molecule has 0 saturated carbocycles. The first-order valence-corrected chi connectivity index (χ1v) is 11.0. The third kappa shape index (κ3) is 5.48. The lowest BCUT2D eigenvalue weighted by Gasteiger charge is -2.08. The van der Waals surface area contributed by atoms with E-state index in [4.69, 9.17) is 5.11 Å². The Morgan fingerprint density at radius 2 is 1.62 bits per heavy atom. The van der Waals surface area contributed by atoms with Crippen LogP contribution in [0, 0.1) is 0 Å². The number of nitrogens with one attached hydrogen (secondary N) is 2. The zero-order valence-corrected chi connectivity index (χ0v) is 17.9. The SMILES string of the molecule is CC(=NNC(=O)c1cc2ccccc2cc1O)c1ccc(S(=O)(=O)NCCC(=O)O)cc1. The maximum atomic E-state index is 12.5. The number of hydrogen-bond acceptors (Lipinski definition) is 6. The number of hydrogen-bond donors (Lipinski definition) is 4. The first kappa shape index (κ1) is 22.9. The first-order chi connectivity index (χ1) is 15.2. The quantitative estimate of drug-likeness (QED) is 0.303. The minimum absolute atomic E-state index is 0.0236. The number of phenols is 1. The lowest BCUT2D eigenvalue weighted by atomic mass is 10.1. The Morgan fingerprint density at radius 1 is 1.00 bits per heavy atom. The van der Waals surface area contributed by atoms with E-state index in [-0.39, 0.29) is 29.2 Å². The van der Waals surface area contributed by atoms with Crippen molar-refractivity contribution in [3.8, 4) is 5.75 Å². The zero-order valence-electron chi connectivity index (χ0n) is 17.1. The van der Waals surface area contributed by atoms with E-state index in [9.17, 15) is 23.1 Å². The van der Waals surface area contributed by atoms with Crippen LogP contribution < -0.4 is 10.1 Å². The summed E-state index contributed by atoms with van der Waals surface area (Å²) >= 11 is 0. The number of rotatable bonds is 8. The van der Waals surface area contributed by atoms with E-state index < -0.39 is 21.9 Å². The van der Waals surface area contributed by atoms with Gasteiger partial charge in [0.1, 0.15) is 5.75 Å². The average Bonchev–Trinajstić information content (AvgIpc) is 2.76. The molecule has 32 heavy (non-hydrogen) atoms. The molecule has 1 amide bonds. The van der Waals surface area contributed by atoms with Crippen molar-refractivity contribution < 1.29 is 28.2 Å². The summed E-state index contributed by atoms with van der Waals surface area (Å²) in [6.07, 6.45) is -0.324. The normalized spacial score (nSPS) is 12.0. The van der Waals surface area contributed by atoms with Gasteiger partial charge in [0.15, 0.2) is 0 Å². The monoisotopic (exact) mass is 455 g/mol. The standard InChI is InChI=1S/C22H21N3O6S/c1-14(15-6-8-18(9-7-15)32(30,31)23-11-10-21(27)28)24-25-22(29)19-12-16-4-2-3-5-17(16)13-20(19)26/h2-9,12-13,23,26H,10-11H2,1H3,(H,25,29)(H,27,28). The summed E-state index contributed by atoms with van der Waals surface area (Å²) in [4.78, 5) is 23.0. The van der Waals surface area contributed by atoms with E-state index in [1.54, 1.807) is 13.0 Å². The van der Waals surface area contributed by atoms with E-state index >= 15 is 0 Å². The van der Waals surface area contributed by atoms with Crippen molar-refractivity contribution in [2.45, 2.75) is 18.2 Å².